The molecule has 8 nitrogen and oxygen atoms in total. The van der Waals surface area contributed by atoms with Crippen molar-refractivity contribution >= 4 is 11.9 Å². The molecule has 2 aromatic rings. The zero-order chi connectivity index (χ0) is 13.7. The fourth-order valence-corrected chi connectivity index (χ4v) is 1.62. The number of carboxylic acids is 1. The molecule has 1 unspecified atom stereocenters. The Hall–Kier alpha value is -2.64. The van der Waals surface area contributed by atoms with Crippen LogP contribution >= 0.6 is 0 Å². The number of hydrogen-bond donors (Lipinski definition) is 4. The maximum absolute atomic E-state index is 11.7. The Morgan fingerprint density at radius 1 is 1.42 bits per heavy atom. The first-order valence-corrected chi connectivity index (χ1v) is 5.63. The van der Waals surface area contributed by atoms with Crippen molar-refractivity contribution in [3.63, 3.8) is 0 Å². The number of hydrogen-bond acceptors (Lipinski definition) is 4. The highest BCUT2D eigenvalue weighted by Crippen LogP contribution is 2.00. The summed E-state index contributed by atoms with van der Waals surface area (Å²) in [5.74, 6) is -1.47. The normalized spacial score (nSPS) is 12.0. The van der Waals surface area contributed by atoms with Crippen LogP contribution in [0.3, 0.4) is 0 Å². The van der Waals surface area contributed by atoms with Gasteiger partial charge in [-0.3, -0.25) is 9.89 Å². The van der Waals surface area contributed by atoms with Crippen LogP contribution in [0.2, 0.25) is 0 Å². The number of aromatic amines is 2. The van der Waals surface area contributed by atoms with Crippen molar-refractivity contribution in [2.24, 2.45) is 0 Å². The molecular weight excluding hydrogens is 250 g/mol. The minimum absolute atomic E-state index is 0.0623. The molecular formula is C11H13N5O3. The van der Waals surface area contributed by atoms with Gasteiger partial charge in [0.05, 0.1) is 12.7 Å². The molecule has 2 heterocycles. The number of H-pyrrole nitrogens is 2. The molecule has 1 atom stereocenters. The van der Waals surface area contributed by atoms with Gasteiger partial charge in [-0.05, 0) is 6.07 Å². The molecule has 2 rings (SSSR count). The Labute approximate surface area is 108 Å². The number of aliphatic carboxylic acids is 1. The number of nitrogens with one attached hydrogen (secondary N) is 3. The molecule has 0 saturated carbocycles. The SMILES string of the molecule is O=C(Cc1ccn[nH]1)NC(Cc1cnc[nH]1)C(=O)O. The average Bonchev–Trinajstić information content (AvgIpc) is 3.00. The summed E-state index contributed by atoms with van der Waals surface area (Å²) in [6.07, 6.45) is 4.73. The topological polar surface area (TPSA) is 124 Å². The molecule has 0 radical (unpaired) electrons. The highest BCUT2D eigenvalue weighted by molar-refractivity contribution is 5.84. The first kappa shape index (κ1) is 12.8. The predicted octanol–water partition coefficient (Wildman–Crippen LogP) is -0.513. The number of amides is 1. The third-order valence-electron chi connectivity index (χ3n) is 2.52. The Morgan fingerprint density at radius 2 is 2.26 bits per heavy atom. The molecule has 0 fully saturated rings. The van der Waals surface area contributed by atoms with E-state index < -0.39 is 12.0 Å². The van der Waals surface area contributed by atoms with E-state index in [9.17, 15) is 9.59 Å². The van der Waals surface area contributed by atoms with Gasteiger partial charge in [-0.2, -0.15) is 5.10 Å². The van der Waals surface area contributed by atoms with Crippen LogP contribution in [0.15, 0.2) is 24.8 Å². The van der Waals surface area contributed by atoms with Crippen molar-refractivity contribution in [3.05, 3.63) is 36.2 Å². The summed E-state index contributed by atoms with van der Waals surface area (Å²) in [5.41, 5.74) is 1.28. The van der Waals surface area contributed by atoms with Gasteiger partial charge >= 0.3 is 5.97 Å². The number of rotatable bonds is 6. The fraction of sp³-hybridized carbons (Fsp3) is 0.273. The largest absolute Gasteiger partial charge is 0.480 e. The van der Waals surface area contributed by atoms with Crippen LogP contribution in [0.4, 0.5) is 0 Å². The van der Waals surface area contributed by atoms with Gasteiger partial charge in [0.2, 0.25) is 5.91 Å². The van der Waals surface area contributed by atoms with E-state index in [-0.39, 0.29) is 18.7 Å². The Morgan fingerprint density at radius 3 is 2.84 bits per heavy atom. The van der Waals surface area contributed by atoms with Crippen molar-refractivity contribution in [3.8, 4) is 0 Å². The quantitative estimate of drug-likeness (QED) is 0.558. The van der Waals surface area contributed by atoms with E-state index in [0.29, 0.717) is 11.4 Å². The summed E-state index contributed by atoms with van der Waals surface area (Å²) in [7, 11) is 0. The maximum atomic E-state index is 11.7. The molecule has 2 aromatic heterocycles. The van der Waals surface area contributed by atoms with Gasteiger partial charge in [0.1, 0.15) is 6.04 Å². The lowest BCUT2D eigenvalue weighted by molar-refractivity contribution is -0.141. The monoisotopic (exact) mass is 263 g/mol. The standard InChI is InChI=1S/C11H13N5O3/c17-10(4-7-1-2-14-16-7)15-9(11(18)19)3-8-5-12-6-13-8/h1-2,5-6,9H,3-4H2,(H,12,13)(H,14,16)(H,15,17)(H,18,19). The second-order valence-corrected chi connectivity index (χ2v) is 4.00. The van der Waals surface area contributed by atoms with E-state index in [1.165, 1.54) is 18.7 Å². The van der Waals surface area contributed by atoms with Crippen LogP contribution in [0.25, 0.3) is 0 Å². The summed E-state index contributed by atoms with van der Waals surface area (Å²) in [6, 6.07) is 0.667. The Balaban J connectivity index is 1.93. The molecule has 0 saturated heterocycles. The minimum atomic E-state index is -1.09. The van der Waals surface area contributed by atoms with E-state index in [4.69, 9.17) is 5.11 Å². The van der Waals surface area contributed by atoms with E-state index in [1.54, 1.807) is 6.07 Å². The molecule has 0 aliphatic rings. The van der Waals surface area contributed by atoms with Crippen LogP contribution in [-0.4, -0.2) is 43.2 Å². The molecule has 0 aliphatic heterocycles. The van der Waals surface area contributed by atoms with Gasteiger partial charge in [0.25, 0.3) is 0 Å². The predicted molar refractivity (Wildman–Crippen MR) is 64.1 cm³/mol. The van der Waals surface area contributed by atoms with Crippen LogP contribution in [-0.2, 0) is 22.4 Å². The smallest absolute Gasteiger partial charge is 0.326 e. The number of carbonyl (C=O) groups is 2. The highest BCUT2D eigenvalue weighted by Gasteiger charge is 2.21. The third kappa shape index (κ3) is 3.66. The lowest BCUT2D eigenvalue weighted by atomic mass is 10.1. The van der Waals surface area contributed by atoms with Crippen molar-refractivity contribution in [1.29, 1.82) is 0 Å². The Bertz CT molecular complexity index is 535. The molecule has 1 amide bonds. The number of imidazole rings is 1. The lowest BCUT2D eigenvalue weighted by Crippen LogP contribution is -2.43. The summed E-state index contributed by atoms with van der Waals surface area (Å²) < 4.78 is 0. The summed E-state index contributed by atoms with van der Waals surface area (Å²) >= 11 is 0. The maximum Gasteiger partial charge on any atom is 0.326 e. The third-order valence-corrected chi connectivity index (χ3v) is 2.52. The van der Waals surface area contributed by atoms with Gasteiger partial charge in [0.15, 0.2) is 0 Å². The summed E-state index contributed by atoms with van der Waals surface area (Å²) in [6.45, 7) is 0. The zero-order valence-corrected chi connectivity index (χ0v) is 9.96. The fourth-order valence-electron chi connectivity index (χ4n) is 1.62. The number of carbonyl (C=O) groups excluding carboxylic acids is 1. The molecule has 4 N–H and O–H groups in total. The minimum Gasteiger partial charge on any atom is -0.480 e. The second-order valence-electron chi connectivity index (χ2n) is 4.00. The van der Waals surface area contributed by atoms with E-state index in [2.05, 4.69) is 25.5 Å². The number of nitrogens with zero attached hydrogens (tertiary/aromatic N) is 2. The summed E-state index contributed by atoms with van der Waals surface area (Å²) in [5, 5.41) is 17.9. The highest BCUT2D eigenvalue weighted by atomic mass is 16.4. The van der Waals surface area contributed by atoms with Gasteiger partial charge in [-0.25, -0.2) is 9.78 Å². The van der Waals surface area contributed by atoms with Crippen molar-refractivity contribution in [2.45, 2.75) is 18.9 Å². The van der Waals surface area contributed by atoms with E-state index in [1.807, 2.05) is 0 Å². The molecule has 19 heavy (non-hydrogen) atoms. The van der Waals surface area contributed by atoms with E-state index in [0.717, 1.165) is 0 Å². The van der Waals surface area contributed by atoms with Crippen LogP contribution in [0, 0.1) is 0 Å². The molecule has 100 valence electrons. The van der Waals surface area contributed by atoms with Crippen molar-refractivity contribution in [1.82, 2.24) is 25.5 Å². The average molecular weight is 263 g/mol. The van der Waals surface area contributed by atoms with Gasteiger partial charge in [0, 0.05) is 30.2 Å². The number of aromatic nitrogens is 4. The molecule has 0 spiro atoms. The van der Waals surface area contributed by atoms with Crippen molar-refractivity contribution in [2.75, 3.05) is 0 Å². The lowest BCUT2D eigenvalue weighted by Gasteiger charge is -2.13. The molecule has 0 aliphatic carbocycles. The van der Waals surface area contributed by atoms with Crippen LogP contribution in [0.5, 0.6) is 0 Å². The van der Waals surface area contributed by atoms with Gasteiger partial charge in [-0.1, -0.05) is 0 Å². The zero-order valence-electron chi connectivity index (χ0n) is 9.96. The van der Waals surface area contributed by atoms with Gasteiger partial charge in [-0.15, -0.1) is 0 Å². The number of carboxylic acid groups (broad SMARTS) is 1. The molecule has 0 bridgehead atoms. The van der Waals surface area contributed by atoms with Gasteiger partial charge < -0.3 is 15.4 Å². The molecule has 0 aromatic carbocycles. The second kappa shape index (κ2) is 5.80. The van der Waals surface area contributed by atoms with E-state index >= 15 is 0 Å². The summed E-state index contributed by atoms with van der Waals surface area (Å²) in [4.78, 5) is 29.4. The first-order valence-electron chi connectivity index (χ1n) is 5.63. The molecule has 8 heteroatoms. The first-order chi connectivity index (χ1) is 9.15. The van der Waals surface area contributed by atoms with Crippen molar-refractivity contribution < 1.29 is 14.7 Å². The van der Waals surface area contributed by atoms with Crippen LogP contribution < -0.4 is 5.32 Å². The van der Waals surface area contributed by atoms with Crippen LogP contribution in [0.1, 0.15) is 11.4 Å². The Kier molecular flexibility index (Phi) is 3.91.